The minimum atomic E-state index is -1.20. The molecule has 1 amide bonds. The summed E-state index contributed by atoms with van der Waals surface area (Å²) in [5.41, 5.74) is 1.81. The van der Waals surface area contributed by atoms with Gasteiger partial charge in [-0.2, -0.15) is 0 Å². The summed E-state index contributed by atoms with van der Waals surface area (Å²) in [5.74, 6) is 0.584. The Kier molecular flexibility index (Phi) is 7.63. The average molecular weight is 553 g/mol. The monoisotopic (exact) mass is 551 g/mol. The molecular weight excluding hydrogens is 529 g/mol. The van der Waals surface area contributed by atoms with Crippen LogP contribution in [0.1, 0.15) is 30.1 Å². The molecule has 0 aliphatic heterocycles. The Hall–Kier alpha value is -3.01. The summed E-state index contributed by atoms with van der Waals surface area (Å²) < 4.78 is 6.71. The van der Waals surface area contributed by atoms with Gasteiger partial charge in [-0.15, -0.1) is 0 Å². The first kappa shape index (κ1) is 26.1. The Morgan fingerprint density at radius 2 is 1.97 bits per heavy atom. The fraction of sp³-hybridized carbons (Fsp3) is 0.333. The third-order valence-corrected chi connectivity index (χ3v) is 6.75. The maximum atomic E-state index is 13.5. The number of benzene rings is 1. The number of carbonyl (C=O) groups is 1. The van der Waals surface area contributed by atoms with Gasteiger partial charge in [-0.3, -0.25) is 9.69 Å². The number of aromatic nitrogens is 3. The lowest BCUT2D eigenvalue weighted by atomic mass is 10.1. The normalized spacial score (nSPS) is 13.8. The van der Waals surface area contributed by atoms with E-state index in [2.05, 4.69) is 15.3 Å². The number of methoxy groups -OCH3 is 1. The van der Waals surface area contributed by atoms with Gasteiger partial charge in [0.15, 0.2) is 5.82 Å². The van der Waals surface area contributed by atoms with Crippen molar-refractivity contribution in [2.45, 2.75) is 32.7 Å². The Morgan fingerprint density at radius 1 is 1.25 bits per heavy atom. The quantitative estimate of drug-likeness (QED) is 0.347. The Bertz CT molecular complexity index is 1380. The second kappa shape index (κ2) is 10.5. The number of amides is 1. The molecule has 1 aliphatic rings. The van der Waals surface area contributed by atoms with E-state index in [1.54, 1.807) is 25.1 Å². The van der Waals surface area contributed by atoms with Crippen molar-refractivity contribution in [3.8, 4) is 5.88 Å². The zero-order valence-electron chi connectivity index (χ0n) is 19.8. The first-order valence-corrected chi connectivity index (χ1v) is 12.3. The largest absolute Gasteiger partial charge is 0.481 e. The van der Waals surface area contributed by atoms with E-state index < -0.39 is 17.7 Å². The third kappa shape index (κ3) is 5.53. The van der Waals surface area contributed by atoms with Crippen LogP contribution >= 0.6 is 34.8 Å². The van der Waals surface area contributed by atoms with Crippen LogP contribution in [0.15, 0.2) is 35.3 Å². The van der Waals surface area contributed by atoms with Gasteiger partial charge < -0.3 is 19.7 Å². The van der Waals surface area contributed by atoms with Gasteiger partial charge in [0, 0.05) is 16.8 Å². The minimum absolute atomic E-state index is 0.00835. The molecule has 1 fully saturated rings. The van der Waals surface area contributed by atoms with Gasteiger partial charge in [0.2, 0.25) is 5.88 Å². The van der Waals surface area contributed by atoms with Gasteiger partial charge in [0.1, 0.15) is 5.15 Å². The number of hydrogen-bond acceptors (Lipinski definition) is 6. The standard InChI is InChI=1S/C24H24Cl3N5O4/c1-12-8-17(13(2)28-22(12)36-3)29-21-23(33)31(11-20(27)30-21)19(14-4-5-14)10-32(24(34)35)18-7-6-15(25)9-16(18)26/h6-9,11,14,19H,4-5,10H2,1-3H3,(H,29,30)(H,34,35)/t19-/m1/s1. The van der Waals surface area contributed by atoms with E-state index in [9.17, 15) is 14.7 Å². The topological polar surface area (TPSA) is 110 Å². The van der Waals surface area contributed by atoms with Crippen LogP contribution in [0.4, 0.5) is 22.0 Å². The van der Waals surface area contributed by atoms with E-state index in [4.69, 9.17) is 39.5 Å². The maximum Gasteiger partial charge on any atom is 0.411 e. The number of nitrogens with zero attached hydrogens (tertiary/aromatic N) is 4. The molecule has 3 aromatic rings. The molecule has 4 rings (SSSR count). The molecule has 0 saturated heterocycles. The minimum Gasteiger partial charge on any atom is -0.481 e. The second-order valence-corrected chi connectivity index (χ2v) is 9.82. The average Bonchev–Trinajstić information content (AvgIpc) is 3.65. The molecule has 9 nitrogen and oxygen atoms in total. The van der Waals surface area contributed by atoms with Gasteiger partial charge in [0.25, 0.3) is 5.56 Å². The van der Waals surface area contributed by atoms with Crippen LogP contribution in [0.5, 0.6) is 5.88 Å². The van der Waals surface area contributed by atoms with Crippen LogP contribution in [0.3, 0.4) is 0 Å². The molecular formula is C24H24Cl3N5O4. The molecule has 2 N–H and O–H groups in total. The number of pyridine rings is 1. The van der Waals surface area contributed by atoms with Gasteiger partial charge in [0.05, 0.1) is 41.8 Å². The zero-order valence-corrected chi connectivity index (χ0v) is 22.0. The van der Waals surface area contributed by atoms with Crippen LogP contribution in [0, 0.1) is 19.8 Å². The first-order valence-electron chi connectivity index (χ1n) is 11.1. The highest BCUT2D eigenvalue weighted by molar-refractivity contribution is 6.36. The lowest BCUT2D eigenvalue weighted by Crippen LogP contribution is -2.39. The summed E-state index contributed by atoms with van der Waals surface area (Å²) in [5, 5.41) is 13.7. The summed E-state index contributed by atoms with van der Waals surface area (Å²) in [6, 6.07) is 5.90. The van der Waals surface area contributed by atoms with Crippen molar-refractivity contribution in [2.24, 2.45) is 5.92 Å². The predicted octanol–water partition coefficient (Wildman–Crippen LogP) is 6.10. The van der Waals surface area contributed by atoms with Gasteiger partial charge in [-0.05, 0) is 56.9 Å². The molecule has 0 radical (unpaired) electrons. The third-order valence-electron chi connectivity index (χ3n) is 6.03. The Labute approximate surface area is 222 Å². The summed E-state index contributed by atoms with van der Waals surface area (Å²) in [7, 11) is 1.54. The lowest BCUT2D eigenvalue weighted by Gasteiger charge is -2.28. The predicted molar refractivity (Wildman–Crippen MR) is 141 cm³/mol. The molecule has 1 atom stereocenters. The molecule has 1 aromatic carbocycles. The molecule has 1 saturated carbocycles. The first-order chi connectivity index (χ1) is 17.1. The van der Waals surface area contributed by atoms with Gasteiger partial charge in [-0.25, -0.2) is 14.8 Å². The number of nitrogens with one attached hydrogen (secondary N) is 1. The van der Waals surface area contributed by atoms with Crippen molar-refractivity contribution < 1.29 is 14.6 Å². The SMILES string of the molecule is COc1nc(C)c(Nc2nc(Cl)cn([C@H](CN(C(=O)O)c3ccc(Cl)cc3Cl)C3CC3)c2=O)cc1C. The van der Waals surface area contributed by atoms with E-state index in [0.29, 0.717) is 22.3 Å². The van der Waals surface area contributed by atoms with Crippen molar-refractivity contribution in [3.63, 3.8) is 0 Å². The number of hydrogen-bond donors (Lipinski definition) is 2. The van der Waals surface area contributed by atoms with E-state index in [0.717, 1.165) is 23.3 Å². The molecule has 0 bridgehead atoms. The van der Waals surface area contributed by atoms with Crippen LogP contribution in [0.25, 0.3) is 0 Å². The molecule has 0 spiro atoms. The van der Waals surface area contributed by atoms with Gasteiger partial charge in [-0.1, -0.05) is 34.8 Å². The van der Waals surface area contributed by atoms with E-state index in [1.807, 2.05) is 6.92 Å². The Balaban J connectivity index is 1.72. The van der Waals surface area contributed by atoms with E-state index in [-0.39, 0.29) is 34.1 Å². The molecule has 190 valence electrons. The number of anilines is 3. The van der Waals surface area contributed by atoms with E-state index >= 15 is 0 Å². The van der Waals surface area contributed by atoms with Crippen LogP contribution in [-0.2, 0) is 0 Å². The summed E-state index contributed by atoms with van der Waals surface area (Å²) >= 11 is 18.6. The Morgan fingerprint density at radius 3 is 2.58 bits per heavy atom. The fourth-order valence-electron chi connectivity index (χ4n) is 4.06. The summed E-state index contributed by atoms with van der Waals surface area (Å²) in [6.07, 6.45) is 1.93. The van der Waals surface area contributed by atoms with Crippen LogP contribution in [-0.4, -0.2) is 39.4 Å². The van der Waals surface area contributed by atoms with Crippen molar-refractivity contribution >= 4 is 58.1 Å². The van der Waals surface area contributed by atoms with Crippen LogP contribution < -0.4 is 20.5 Å². The fourth-order valence-corrected chi connectivity index (χ4v) is 4.76. The van der Waals surface area contributed by atoms with E-state index in [1.165, 1.54) is 23.9 Å². The molecule has 0 unspecified atom stereocenters. The molecule has 2 aromatic heterocycles. The molecule has 2 heterocycles. The molecule has 12 heteroatoms. The summed E-state index contributed by atoms with van der Waals surface area (Å²) in [4.78, 5) is 35.5. The maximum absolute atomic E-state index is 13.5. The van der Waals surface area contributed by atoms with Crippen molar-refractivity contribution in [2.75, 3.05) is 23.9 Å². The number of halogens is 3. The number of rotatable bonds is 8. The number of ether oxygens (including phenoxy) is 1. The van der Waals surface area contributed by atoms with Gasteiger partial charge >= 0.3 is 6.09 Å². The van der Waals surface area contributed by atoms with Crippen molar-refractivity contribution in [3.05, 3.63) is 67.3 Å². The van der Waals surface area contributed by atoms with Crippen LogP contribution in [0.2, 0.25) is 15.2 Å². The summed E-state index contributed by atoms with van der Waals surface area (Å²) in [6.45, 7) is 3.61. The smallest absolute Gasteiger partial charge is 0.411 e. The van der Waals surface area contributed by atoms with Crippen molar-refractivity contribution in [1.29, 1.82) is 0 Å². The van der Waals surface area contributed by atoms with Crippen molar-refractivity contribution in [1.82, 2.24) is 14.5 Å². The highest BCUT2D eigenvalue weighted by Gasteiger charge is 2.36. The highest BCUT2D eigenvalue weighted by Crippen LogP contribution is 2.41. The number of aryl methyl sites for hydroxylation is 2. The molecule has 36 heavy (non-hydrogen) atoms. The highest BCUT2D eigenvalue weighted by atomic mass is 35.5. The lowest BCUT2D eigenvalue weighted by molar-refractivity contribution is 0.200. The molecule has 1 aliphatic carbocycles. The second-order valence-electron chi connectivity index (χ2n) is 8.59. The zero-order chi connectivity index (χ0) is 26.1. The number of carboxylic acid groups (broad SMARTS) is 1.